The molecule has 7 nitrogen and oxygen atoms in total. The number of anilines is 1. The van der Waals surface area contributed by atoms with Gasteiger partial charge in [-0.1, -0.05) is 24.3 Å². The van der Waals surface area contributed by atoms with Gasteiger partial charge in [-0.2, -0.15) is 5.10 Å². The molecular weight excluding hydrogens is 412 g/mol. The quantitative estimate of drug-likeness (QED) is 0.575. The number of hydrogen-bond acceptors (Lipinski definition) is 4. The smallest absolute Gasteiger partial charge is 0.264 e. The summed E-state index contributed by atoms with van der Waals surface area (Å²) in [7, 11) is -3.75. The molecule has 1 aromatic heterocycles. The molecule has 0 radical (unpaired) electrons. The molecule has 2 heterocycles. The summed E-state index contributed by atoms with van der Waals surface area (Å²) in [5.74, 6) is -0.284. The highest BCUT2D eigenvalue weighted by atomic mass is 32.2. The molecule has 31 heavy (non-hydrogen) atoms. The van der Waals surface area contributed by atoms with Crippen molar-refractivity contribution in [2.75, 3.05) is 17.4 Å². The molecule has 2 aromatic carbocycles. The summed E-state index contributed by atoms with van der Waals surface area (Å²) in [5.41, 5.74) is 3.18. The third-order valence-electron chi connectivity index (χ3n) is 5.36. The predicted molar refractivity (Wildman–Crippen MR) is 120 cm³/mol. The highest BCUT2D eigenvalue weighted by Gasteiger charge is 2.29. The minimum atomic E-state index is -3.75. The van der Waals surface area contributed by atoms with E-state index in [1.165, 1.54) is 10.4 Å². The number of amides is 1. The van der Waals surface area contributed by atoms with Gasteiger partial charge >= 0.3 is 0 Å². The summed E-state index contributed by atoms with van der Waals surface area (Å²) < 4.78 is 29.9. The summed E-state index contributed by atoms with van der Waals surface area (Å²) >= 11 is 0. The van der Waals surface area contributed by atoms with Crippen molar-refractivity contribution in [2.24, 2.45) is 0 Å². The van der Waals surface area contributed by atoms with Crippen molar-refractivity contribution >= 4 is 21.6 Å². The zero-order chi connectivity index (χ0) is 21.8. The summed E-state index contributed by atoms with van der Waals surface area (Å²) in [6, 6.07) is 13.8. The second-order valence-electron chi connectivity index (χ2n) is 7.73. The van der Waals surface area contributed by atoms with E-state index in [0.29, 0.717) is 25.2 Å². The number of aryl methyl sites for hydroxylation is 3. The zero-order valence-corrected chi connectivity index (χ0v) is 18.3. The summed E-state index contributed by atoms with van der Waals surface area (Å²) in [5, 5.41) is 7.08. The van der Waals surface area contributed by atoms with Crippen LogP contribution in [0.3, 0.4) is 0 Å². The number of benzene rings is 2. The molecule has 1 aliphatic heterocycles. The van der Waals surface area contributed by atoms with E-state index in [4.69, 9.17) is 0 Å². The normalized spacial score (nSPS) is 13.6. The van der Waals surface area contributed by atoms with Crippen LogP contribution in [-0.4, -0.2) is 37.2 Å². The van der Waals surface area contributed by atoms with Crippen LogP contribution in [0.25, 0.3) is 0 Å². The Balaban J connectivity index is 1.44. The summed E-state index contributed by atoms with van der Waals surface area (Å²) in [4.78, 5) is 12.7. The summed E-state index contributed by atoms with van der Waals surface area (Å²) in [6.45, 7) is 3.60. The van der Waals surface area contributed by atoms with Gasteiger partial charge in [0.25, 0.3) is 15.9 Å². The number of sulfonamides is 1. The Morgan fingerprint density at radius 1 is 1.16 bits per heavy atom. The largest absolute Gasteiger partial charge is 0.352 e. The number of para-hydroxylation sites is 1. The van der Waals surface area contributed by atoms with Gasteiger partial charge in [0.05, 0.1) is 16.8 Å². The van der Waals surface area contributed by atoms with Crippen LogP contribution in [0.4, 0.5) is 5.69 Å². The van der Waals surface area contributed by atoms with Gasteiger partial charge < -0.3 is 5.32 Å². The Labute approximate surface area is 182 Å². The fourth-order valence-corrected chi connectivity index (χ4v) is 5.40. The van der Waals surface area contributed by atoms with Crippen LogP contribution in [0.2, 0.25) is 0 Å². The molecule has 1 N–H and O–H groups in total. The minimum absolute atomic E-state index is 0.129. The maximum absolute atomic E-state index is 13.3. The first-order chi connectivity index (χ1) is 14.9. The second-order valence-corrected chi connectivity index (χ2v) is 9.59. The van der Waals surface area contributed by atoms with E-state index in [1.807, 2.05) is 42.1 Å². The molecule has 3 aromatic rings. The van der Waals surface area contributed by atoms with Crippen molar-refractivity contribution in [1.29, 1.82) is 0 Å². The van der Waals surface area contributed by atoms with E-state index in [1.54, 1.807) is 24.4 Å². The lowest BCUT2D eigenvalue weighted by atomic mass is 10.0. The molecule has 0 unspecified atom stereocenters. The first-order valence-corrected chi connectivity index (χ1v) is 11.9. The molecular formula is C23H26N4O3S. The van der Waals surface area contributed by atoms with Crippen LogP contribution in [0.5, 0.6) is 0 Å². The number of hydrogen-bond donors (Lipinski definition) is 1. The average Bonchev–Trinajstić information content (AvgIpc) is 3.21. The Morgan fingerprint density at radius 2 is 2.00 bits per heavy atom. The van der Waals surface area contributed by atoms with Gasteiger partial charge in [0, 0.05) is 31.4 Å². The number of carbonyl (C=O) groups is 1. The maximum Gasteiger partial charge on any atom is 0.264 e. The van der Waals surface area contributed by atoms with Gasteiger partial charge in [0.1, 0.15) is 0 Å². The van der Waals surface area contributed by atoms with Gasteiger partial charge in [-0.25, -0.2) is 8.42 Å². The Morgan fingerprint density at radius 3 is 2.81 bits per heavy atom. The van der Waals surface area contributed by atoms with E-state index in [0.717, 1.165) is 36.1 Å². The van der Waals surface area contributed by atoms with Crippen LogP contribution >= 0.6 is 0 Å². The van der Waals surface area contributed by atoms with E-state index in [-0.39, 0.29) is 10.8 Å². The zero-order valence-electron chi connectivity index (χ0n) is 17.5. The van der Waals surface area contributed by atoms with Crippen molar-refractivity contribution in [2.45, 2.75) is 37.6 Å². The molecule has 0 atom stereocenters. The Bertz CT molecular complexity index is 1190. The van der Waals surface area contributed by atoms with Crippen LogP contribution in [0.15, 0.2) is 65.8 Å². The molecule has 1 aliphatic rings. The average molecular weight is 439 g/mol. The second kappa shape index (κ2) is 8.93. The van der Waals surface area contributed by atoms with Crippen molar-refractivity contribution in [3.8, 4) is 0 Å². The van der Waals surface area contributed by atoms with Crippen molar-refractivity contribution in [1.82, 2.24) is 15.1 Å². The van der Waals surface area contributed by atoms with E-state index < -0.39 is 10.0 Å². The number of nitrogens with one attached hydrogen (secondary N) is 1. The van der Waals surface area contributed by atoms with Gasteiger partial charge in [0.2, 0.25) is 0 Å². The van der Waals surface area contributed by atoms with Gasteiger partial charge in [-0.15, -0.1) is 0 Å². The number of aromatic nitrogens is 2. The van der Waals surface area contributed by atoms with Crippen LogP contribution in [0.1, 0.15) is 34.3 Å². The highest BCUT2D eigenvalue weighted by molar-refractivity contribution is 7.92. The van der Waals surface area contributed by atoms with Crippen molar-refractivity contribution in [3.63, 3.8) is 0 Å². The third kappa shape index (κ3) is 4.64. The highest BCUT2D eigenvalue weighted by Crippen LogP contribution is 2.31. The monoisotopic (exact) mass is 438 g/mol. The molecule has 8 heteroatoms. The lowest BCUT2D eigenvalue weighted by Gasteiger charge is -2.30. The van der Waals surface area contributed by atoms with Gasteiger partial charge in [-0.3, -0.25) is 13.8 Å². The molecule has 162 valence electrons. The minimum Gasteiger partial charge on any atom is -0.352 e. The fourth-order valence-electron chi connectivity index (χ4n) is 3.81. The molecule has 4 rings (SSSR count). The van der Waals surface area contributed by atoms with Crippen LogP contribution < -0.4 is 9.62 Å². The number of nitrogens with zero attached hydrogens (tertiary/aromatic N) is 3. The van der Waals surface area contributed by atoms with Gasteiger partial charge in [-0.05, 0) is 61.6 Å². The topological polar surface area (TPSA) is 84.3 Å². The molecule has 1 amide bonds. The molecule has 0 bridgehead atoms. The molecule has 0 aliphatic carbocycles. The first kappa shape index (κ1) is 21.1. The number of fused-ring (bicyclic) bond motifs is 1. The SMILES string of the molecule is Cc1cnn(CCCNC(=O)c2cccc(S(=O)(=O)N3CCCc4ccccc43)c2)c1. The Hall–Kier alpha value is -3.13. The maximum atomic E-state index is 13.3. The summed E-state index contributed by atoms with van der Waals surface area (Å²) in [6.07, 6.45) is 6.12. The van der Waals surface area contributed by atoms with Crippen molar-refractivity contribution < 1.29 is 13.2 Å². The third-order valence-corrected chi connectivity index (χ3v) is 7.17. The van der Waals surface area contributed by atoms with Crippen LogP contribution in [0, 0.1) is 6.92 Å². The van der Waals surface area contributed by atoms with E-state index in [2.05, 4.69) is 10.4 Å². The van der Waals surface area contributed by atoms with E-state index in [9.17, 15) is 13.2 Å². The lowest BCUT2D eigenvalue weighted by molar-refractivity contribution is 0.0952. The van der Waals surface area contributed by atoms with E-state index >= 15 is 0 Å². The molecule has 0 fully saturated rings. The Kier molecular flexibility index (Phi) is 6.08. The fraction of sp³-hybridized carbons (Fsp3) is 0.304. The van der Waals surface area contributed by atoms with Crippen LogP contribution in [-0.2, 0) is 23.0 Å². The standard InChI is InChI=1S/C23H26N4O3S/c1-18-16-25-26(17-18)13-6-12-24-23(28)20-8-4-10-21(15-20)31(29,30)27-14-5-9-19-7-2-3-11-22(19)27/h2-4,7-8,10-11,15-17H,5-6,9,12-14H2,1H3,(H,24,28). The first-order valence-electron chi connectivity index (χ1n) is 10.4. The predicted octanol–water partition coefficient (Wildman–Crippen LogP) is 3.15. The molecule has 0 saturated heterocycles. The van der Waals surface area contributed by atoms with Crippen molar-refractivity contribution in [3.05, 3.63) is 77.6 Å². The molecule has 0 saturated carbocycles. The number of rotatable bonds is 7. The molecule has 0 spiro atoms. The lowest BCUT2D eigenvalue weighted by Crippen LogP contribution is -2.35. The number of carbonyl (C=O) groups excluding carboxylic acids is 1. The van der Waals surface area contributed by atoms with Gasteiger partial charge in [0.15, 0.2) is 0 Å².